The lowest BCUT2D eigenvalue weighted by Gasteiger charge is -2.26. The van der Waals surface area contributed by atoms with Gasteiger partial charge in [0, 0.05) is 13.0 Å². The summed E-state index contributed by atoms with van der Waals surface area (Å²) in [6, 6.07) is 0. The molecular formula is C13H27NO2. The fraction of sp³-hybridized carbons (Fsp3) is 0.923. The predicted molar refractivity (Wildman–Crippen MR) is 67.2 cm³/mol. The van der Waals surface area contributed by atoms with Crippen LogP contribution in [0.15, 0.2) is 0 Å². The topological polar surface area (TPSA) is 38.3 Å². The van der Waals surface area contributed by atoms with Gasteiger partial charge >= 0.3 is 0 Å². The van der Waals surface area contributed by atoms with Gasteiger partial charge in [0.1, 0.15) is 5.72 Å². The van der Waals surface area contributed by atoms with Crippen LogP contribution in [0, 0.1) is 0 Å². The second kappa shape index (κ2) is 8.57. The molecule has 16 heavy (non-hydrogen) atoms. The van der Waals surface area contributed by atoms with Crippen molar-refractivity contribution in [3.63, 3.8) is 0 Å². The molecule has 0 rings (SSSR count). The number of unbranched alkanes of at least 4 members (excludes halogenated alkanes) is 3. The molecule has 0 aliphatic rings. The SMILES string of the molecule is CCCCCC(=O)NC(C)(C)OCCCC. The summed E-state index contributed by atoms with van der Waals surface area (Å²) in [6.07, 6.45) is 5.98. The molecule has 0 aliphatic heterocycles. The Morgan fingerprint density at radius 3 is 2.31 bits per heavy atom. The van der Waals surface area contributed by atoms with Gasteiger partial charge in [0.2, 0.25) is 5.91 Å². The van der Waals surface area contributed by atoms with Gasteiger partial charge in [-0.15, -0.1) is 0 Å². The minimum Gasteiger partial charge on any atom is -0.356 e. The highest BCUT2D eigenvalue weighted by Gasteiger charge is 2.19. The van der Waals surface area contributed by atoms with E-state index in [2.05, 4.69) is 19.2 Å². The zero-order chi connectivity index (χ0) is 12.4. The van der Waals surface area contributed by atoms with Crippen molar-refractivity contribution >= 4 is 5.91 Å². The van der Waals surface area contributed by atoms with Gasteiger partial charge in [-0.2, -0.15) is 0 Å². The molecule has 1 N–H and O–H groups in total. The molecule has 3 nitrogen and oxygen atoms in total. The number of hydrogen-bond donors (Lipinski definition) is 1. The fourth-order valence-electron chi connectivity index (χ4n) is 1.44. The number of ether oxygens (including phenoxy) is 1. The Morgan fingerprint density at radius 1 is 1.12 bits per heavy atom. The zero-order valence-corrected chi connectivity index (χ0v) is 11.3. The molecule has 0 aromatic rings. The van der Waals surface area contributed by atoms with E-state index in [-0.39, 0.29) is 5.91 Å². The van der Waals surface area contributed by atoms with E-state index in [1.54, 1.807) is 0 Å². The molecule has 0 unspecified atom stereocenters. The molecule has 0 spiro atoms. The predicted octanol–water partition coefficient (Wildman–Crippen LogP) is 3.24. The first-order valence-corrected chi connectivity index (χ1v) is 6.46. The molecule has 0 saturated carbocycles. The molecule has 3 heteroatoms. The van der Waals surface area contributed by atoms with Gasteiger partial charge in [-0.05, 0) is 26.7 Å². The number of amides is 1. The Labute approximate surface area is 99.9 Å². The normalized spacial score (nSPS) is 11.5. The molecular weight excluding hydrogens is 202 g/mol. The summed E-state index contributed by atoms with van der Waals surface area (Å²) < 4.78 is 5.61. The summed E-state index contributed by atoms with van der Waals surface area (Å²) in [6.45, 7) is 8.77. The Bertz CT molecular complexity index is 190. The van der Waals surface area contributed by atoms with E-state index in [4.69, 9.17) is 4.74 Å². The van der Waals surface area contributed by atoms with Gasteiger partial charge in [-0.25, -0.2) is 0 Å². The van der Waals surface area contributed by atoms with Crippen molar-refractivity contribution in [1.82, 2.24) is 5.32 Å². The molecule has 0 fully saturated rings. The van der Waals surface area contributed by atoms with Crippen LogP contribution in [0.3, 0.4) is 0 Å². The van der Waals surface area contributed by atoms with Crippen LogP contribution >= 0.6 is 0 Å². The summed E-state index contributed by atoms with van der Waals surface area (Å²) in [5.74, 6) is 0.0925. The lowest BCUT2D eigenvalue weighted by molar-refractivity contribution is -0.131. The monoisotopic (exact) mass is 229 g/mol. The van der Waals surface area contributed by atoms with Gasteiger partial charge in [0.05, 0.1) is 0 Å². The first-order valence-electron chi connectivity index (χ1n) is 6.46. The van der Waals surface area contributed by atoms with Crippen LogP contribution in [0.1, 0.15) is 66.2 Å². The fourth-order valence-corrected chi connectivity index (χ4v) is 1.44. The third-order valence-electron chi connectivity index (χ3n) is 2.41. The van der Waals surface area contributed by atoms with E-state index in [0.717, 1.165) is 32.1 Å². The number of carbonyl (C=O) groups excluding carboxylic acids is 1. The van der Waals surface area contributed by atoms with Crippen LogP contribution in [-0.2, 0) is 9.53 Å². The molecule has 0 saturated heterocycles. The summed E-state index contributed by atoms with van der Waals surface area (Å²) in [4.78, 5) is 11.6. The van der Waals surface area contributed by atoms with Crippen LogP contribution < -0.4 is 5.32 Å². The van der Waals surface area contributed by atoms with Crippen molar-refractivity contribution in [3.8, 4) is 0 Å². The highest BCUT2D eigenvalue weighted by atomic mass is 16.5. The Morgan fingerprint density at radius 2 is 1.75 bits per heavy atom. The van der Waals surface area contributed by atoms with E-state index in [1.807, 2.05) is 13.8 Å². The van der Waals surface area contributed by atoms with Crippen molar-refractivity contribution in [2.75, 3.05) is 6.61 Å². The number of carbonyl (C=O) groups is 1. The standard InChI is InChI=1S/C13H27NO2/c1-5-7-9-10-12(15)14-13(3,4)16-11-8-6-2/h5-11H2,1-4H3,(H,14,15). The van der Waals surface area contributed by atoms with E-state index < -0.39 is 5.72 Å². The van der Waals surface area contributed by atoms with Crippen LogP contribution in [0.5, 0.6) is 0 Å². The average Bonchev–Trinajstić information content (AvgIpc) is 2.17. The number of hydrogen-bond acceptors (Lipinski definition) is 2. The van der Waals surface area contributed by atoms with Gasteiger partial charge in [-0.3, -0.25) is 4.79 Å². The van der Waals surface area contributed by atoms with E-state index >= 15 is 0 Å². The summed E-state index contributed by atoms with van der Waals surface area (Å²) in [5, 5.41) is 2.91. The number of rotatable bonds is 9. The molecule has 0 heterocycles. The first kappa shape index (κ1) is 15.4. The number of nitrogens with one attached hydrogen (secondary N) is 1. The summed E-state index contributed by atoms with van der Waals surface area (Å²) in [5.41, 5.74) is -0.529. The highest BCUT2D eigenvalue weighted by molar-refractivity contribution is 5.76. The van der Waals surface area contributed by atoms with Gasteiger partial charge in [0.15, 0.2) is 0 Å². The molecule has 96 valence electrons. The zero-order valence-electron chi connectivity index (χ0n) is 11.3. The third-order valence-corrected chi connectivity index (χ3v) is 2.41. The molecule has 0 aromatic carbocycles. The Balaban J connectivity index is 3.72. The lowest BCUT2D eigenvalue weighted by Crippen LogP contribution is -2.45. The summed E-state index contributed by atoms with van der Waals surface area (Å²) >= 11 is 0. The molecule has 0 bridgehead atoms. The van der Waals surface area contributed by atoms with Crippen LogP contribution in [0.25, 0.3) is 0 Å². The lowest BCUT2D eigenvalue weighted by atomic mass is 10.2. The van der Waals surface area contributed by atoms with Gasteiger partial charge in [0.25, 0.3) is 0 Å². The average molecular weight is 229 g/mol. The summed E-state index contributed by atoms with van der Waals surface area (Å²) in [7, 11) is 0. The van der Waals surface area contributed by atoms with E-state index in [1.165, 1.54) is 0 Å². The van der Waals surface area contributed by atoms with E-state index in [0.29, 0.717) is 13.0 Å². The second-order valence-electron chi connectivity index (χ2n) is 4.72. The minimum atomic E-state index is -0.529. The van der Waals surface area contributed by atoms with Crippen molar-refractivity contribution in [2.45, 2.75) is 71.9 Å². The van der Waals surface area contributed by atoms with E-state index in [9.17, 15) is 4.79 Å². The third kappa shape index (κ3) is 8.72. The molecule has 1 amide bonds. The first-order chi connectivity index (χ1) is 7.52. The van der Waals surface area contributed by atoms with Crippen molar-refractivity contribution < 1.29 is 9.53 Å². The Kier molecular flexibility index (Phi) is 8.26. The van der Waals surface area contributed by atoms with Crippen molar-refractivity contribution in [1.29, 1.82) is 0 Å². The van der Waals surface area contributed by atoms with Crippen molar-refractivity contribution in [2.24, 2.45) is 0 Å². The maximum atomic E-state index is 11.6. The van der Waals surface area contributed by atoms with Crippen LogP contribution in [0.4, 0.5) is 0 Å². The molecule has 0 aliphatic carbocycles. The largest absolute Gasteiger partial charge is 0.356 e. The smallest absolute Gasteiger partial charge is 0.222 e. The highest BCUT2D eigenvalue weighted by Crippen LogP contribution is 2.07. The maximum Gasteiger partial charge on any atom is 0.222 e. The quantitative estimate of drug-likeness (QED) is 0.487. The maximum absolute atomic E-state index is 11.6. The van der Waals surface area contributed by atoms with Gasteiger partial charge < -0.3 is 10.1 Å². The van der Waals surface area contributed by atoms with Crippen LogP contribution in [0.2, 0.25) is 0 Å². The molecule has 0 aromatic heterocycles. The second-order valence-corrected chi connectivity index (χ2v) is 4.72. The minimum absolute atomic E-state index is 0.0925. The van der Waals surface area contributed by atoms with Crippen LogP contribution in [-0.4, -0.2) is 18.2 Å². The van der Waals surface area contributed by atoms with Crippen molar-refractivity contribution in [3.05, 3.63) is 0 Å². The Hall–Kier alpha value is -0.570. The molecule has 0 radical (unpaired) electrons. The molecule has 0 atom stereocenters. The van der Waals surface area contributed by atoms with Gasteiger partial charge in [-0.1, -0.05) is 33.1 Å².